The Labute approximate surface area is 459 Å². The lowest BCUT2D eigenvalue weighted by atomic mass is 10.0. The standard InChI is InChI=1S/C68H120O6/c1-4-7-10-13-16-19-22-25-27-29-31-33-34-36-37-39-41-43-46-49-52-55-58-61-67(70)73-64-65(63-72-66(69)60-57-54-51-48-45-24-21-18-15-12-9-6-3)74-68(71)62-59-56-53-50-47-44-42-40-38-35-32-30-28-26-23-20-17-14-11-8-5-2/h7,10,16,18-19,21,25,27,30-33,65H,4-6,8-9,11-15,17,20,22-24,26,28-29,34-64H2,1-3H3/b10-7-,19-16-,21-18-,27-25-,32-30-,33-31-. The van der Waals surface area contributed by atoms with Crippen LogP contribution in [0, 0.1) is 0 Å². The van der Waals surface area contributed by atoms with Crippen molar-refractivity contribution in [3.05, 3.63) is 72.9 Å². The number of hydrogen-bond acceptors (Lipinski definition) is 6. The first-order valence-corrected chi connectivity index (χ1v) is 31.9. The van der Waals surface area contributed by atoms with Crippen molar-refractivity contribution < 1.29 is 28.6 Å². The highest BCUT2D eigenvalue weighted by molar-refractivity contribution is 5.71. The Kier molecular flexibility index (Phi) is 59.7. The molecule has 1 atom stereocenters. The number of carbonyl (C=O) groups is 3. The molecule has 0 aliphatic carbocycles. The van der Waals surface area contributed by atoms with Gasteiger partial charge in [0.05, 0.1) is 0 Å². The van der Waals surface area contributed by atoms with Gasteiger partial charge in [-0.25, -0.2) is 0 Å². The third-order valence-corrected chi connectivity index (χ3v) is 13.9. The number of rotatable bonds is 58. The molecule has 0 amide bonds. The second-order valence-corrected chi connectivity index (χ2v) is 21.3. The number of esters is 3. The summed E-state index contributed by atoms with van der Waals surface area (Å²) in [4.78, 5) is 38.3. The van der Waals surface area contributed by atoms with E-state index >= 15 is 0 Å². The Morgan fingerprint density at radius 3 is 0.865 bits per heavy atom. The van der Waals surface area contributed by atoms with Crippen molar-refractivity contribution in [3.8, 4) is 0 Å². The van der Waals surface area contributed by atoms with Gasteiger partial charge >= 0.3 is 17.9 Å². The molecule has 0 aromatic carbocycles. The van der Waals surface area contributed by atoms with Gasteiger partial charge in [0, 0.05) is 19.3 Å². The zero-order chi connectivity index (χ0) is 53.6. The van der Waals surface area contributed by atoms with Crippen molar-refractivity contribution >= 4 is 17.9 Å². The summed E-state index contributed by atoms with van der Waals surface area (Å²) in [6.07, 6.45) is 80.5. The fourth-order valence-corrected chi connectivity index (χ4v) is 9.13. The summed E-state index contributed by atoms with van der Waals surface area (Å²) in [5, 5.41) is 0. The molecule has 74 heavy (non-hydrogen) atoms. The van der Waals surface area contributed by atoms with Crippen LogP contribution in [0.25, 0.3) is 0 Å². The predicted molar refractivity (Wildman–Crippen MR) is 321 cm³/mol. The summed E-state index contributed by atoms with van der Waals surface area (Å²) in [5.74, 6) is -0.881. The number of carbonyl (C=O) groups excluding carboxylic acids is 3. The van der Waals surface area contributed by atoms with Gasteiger partial charge in [-0.1, -0.05) is 267 Å². The second-order valence-electron chi connectivity index (χ2n) is 21.3. The minimum atomic E-state index is -0.782. The lowest BCUT2D eigenvalue weighted by Gasteiger charge is -2.18. The Hall–Kier alpha value is -3.15. The van der Waals surface area contributed by atoms with E-state index in [1.165, 1.54) is 193 Å². The smallest absolute Gasteiger partial charge is 0.306 e. The van der Waals surface area contributed by atoms with Crippen LogP contribution in [0.15, 0.2) is 72.9 Å². The van der Waals surface area contributed by atoms with Gasteiger partial charge in [-0.3, -0.25) is 14.4 Å². The minimum absolute atomic E-state index is 0.0794. The fourth-order valence-electron chi connectivity index (χ4n) is 9.13. The summed E-state index contributed by atoms with van der Waals surface area (Å²) in [6.45, 7) is 6.53. The number of unbranched alkanes of at least 4 members (excludes halogenated alkanes) is 35. The van der Waals surface area contributed by atoms with Crippen LogP contribution in [0.4, 0.5) is 0 Å². The Bertz CT molecular complexity index is 1370. The largest absolute Gasteiger partial charge is 0.462 e. The van der Waals surface area contributed by atoms with E-state index in [4.69, 9.17) is 14.2 Å². The monoisotopic (exact) mass is 1030 g/mol. The summed E-state index contributed by atoms with van der Waals surface area (Å²) >= 11 is 0. The molecule has 0 spiro atoms. The van der Waals surface area contributed by atoms with Gasteiger partial charge in [0.2, 0.25) is 0 Å². The average Bonchev–Trinajstić information content (AvgIpc) is 3.40. The highest BCUT2D eigenvalue weighted by Crippen LogP contribution is 2.16. The van der Waals surface area contributed by atoms with E-state index in [-0.39, 0.29) is 31.1 Å². The van der Waals surface area contributed by atoms with Crippen LogP contribution in [-0.4, -0.2) is 37.2 Å². The second kappa shape index (κ2) is 62.4. The maximum atomic E-state index is 12.9. The Morgan fingerprint density at radius 1 is 0.284 bits per heavy atom. The third-order valence-electron chi connectivity index (χ3n) is 13.9. The van der Waals surface area contributed by atoms with Crippen LogP contribution in [0.5, 0.6) is 0 Å². The zero-order valence-corrected chi connectivity index (χ0v) is 49.1. The van der Waals surface area contributed by atoms with Crippen molar-refractivity contribution in [3.63, 3.8) is 0 Å². The molecule has 428 valence electrons. The van der Waals surface area contributed by atoms with Gasteiger partial charge in [-0.15, -0.1) is 0 Å². The first-order valence-electron chi connectivity index (χ1n) is 31.9. The van der Waals surface area contributed by atoms with Crippen LogP contribution >= 0.6 is 0 Å². The van der Waals surface area contributed by atoms with Gasteiger partial charge < -0.3 is 14.2 Å². The maximum absolute atomic E-state index is 12.9. The van der Waals surface area contributed by atoms with Crippen LogP contribution in [0.1, 0.15) is 323 Å². The van der Waals surface area contributed by atoms with E-state index in [2.05, 4.69) is 93.7 Å². The lowest BCUT2D eigenvalue weighted by Crippen LogP contribution is -2.30. The van der Waals surface area contributed by atoms with E-state index < -0.39 is 6.10 Å². The van der Waals surface area contributed by atoms with Crippen molar-refractivity contribution in [1.29, 1.82) is 0 Å². The van der Waals surface area contributed by atoms with Crippen LogP contribution in [0.2, 0.25) is 0 Å². The Morgan fingerprint density at radius 2 is 0.527 bits per heavy atom. The number of ether oxygens (including phenoxy) is 3. The first kappa shape index (κ1) is 70.8. The zero-order valence-electron chi connectivity index (χ0n) is 49.1. The summed E-state index contributed by atoms with van der Waals surface area (Å²) < 4.78 is 16.9. The molecule has 0 N–H and O–H groups in total. The Balaban J connectivity index is 4.30. The quantitative estimate of drug-likeness (QED) is 0.0261. The van der Waals surface area contributed by atoms with Crippen LogP contribution in [0.3, 0.4) is 0 Å². The molecule has 6 nitrogen and oxygen atoms in total. The molecule has 6 heteroatoms. The minimum Gasteiger partial charge on any atom is -0.462 e. The van der Waals surface area contributed by atoms with E-state index in [0.717, 1.165) is 89.9 Å². The molecule has 0 aromatic rings. The van der Waals surface area contributed by atoms with Crippen LogP contribution in [-0.2, 0) is 28.6 Å². The molecule has 0 aliphatic heterocycles. The van der Waals surface area contributed by atoms with Crippen molar-refractivity contribution in [2.45, 2.75) is 329 Å². The molecule has 0 saturated heterocycles. The number of hydrogen-bond donors (Lipinski definition) is 0. The van der Waals surface area contributed by atoms with E-state index in [9.17, 15) is 14.4 Å². The highest BCUT2D eigenvalue weighted by Gasteiger charge is 2.19. The first-order chi connectivity index (χ1) is 36.5. The van der Waals surface area contributed by atoms with Gasteiger partial charge in [0.1, 0.15) is 13.2 Å². The molecular weight excluding hydrogens is 913 g/mol. The van der Waals surface area contributed by atoms with Gasteiger partial charge in [0.25, 0.3) is 0 Å². The van der Waals surface area contributed by atoms with Gasteiger partial charge in [0.15, 0.2) is 6.10 Å². The van der Waals surface area contributed by atoms with E-state index in [1.54, 1.807) is 0 Å². The predicted octanol–water partition coefficient (Wildman–Crippen LogP) is 21.7. The molecule has 0 aromatic heterocycles. The normalized spacial score (nSPS) is 12.5. The van der Waals surface area contributed by atoms with Gasteiger partial charge in [-0.2, -0.15) is 0 Å². The van der Waals surface area contributed by atoms with Crippen molar-refractivity contribution in [2.75, 3.05) is 13.2 Å². The summed E-state index contributed by atoms with van der Waals surface area (Å²) in [6, 6.07) is 0. The van der Waals surface area contributed by atoms with Crippen molar-refractivity contribution in [1.82, 2.24) is 0 Å². The fraction of sp³-hybridized carbons (Fsp3) is 0.779. The third kappa shape index (κ3) is 59.7. The topological polar surface area (TPSA) is 78.9 Å². The number of allylic oxidation sites excluding steroid dienone is 12. The van der Waals surface area contributed by atoms with Crippen LogP contribution < -0.4 is 0 Å². The molecule has 0 radical (unpaired) electrons. The SMILES string of the molecule is CC/C=C\C/C=C\C/C=C\C/C=C\CCCCCCCCCCCCC(=O)OCC(COC(=O)CCCCCCC/C=C\CCCCC)OC(=O)CCCCCCCCCCC/C=C\CCCCCCCCCC. The van der Waals surface area contributed by atoms with Crippen molar-refractivity contribution in [2.24, 2.45) is 0 Å². The van der Waals surface area contributed by atoms with E-state index in [1.807, 2.05) is 0 Å². The molecule has 0 aliphatic rings. The molecule has 1 unspecified atom stereocenters. The molecule has 0 rings (SSSR count). The van der Waals surface area contributed by atoms with E-state index in [0.29, 0.717) is 19.3 Å². The molecular formula is C68H120O6. The molecule has 0 saturated carbocycles. The lowest BCUT2D eigenvalue weighted by molar-refractivity contribution is -0.167. The molecule has 0 fully saturated rings. The summed E-state index contributed by atoms with van der Waals surface area (Å²) in [5.41, 5.74) is 0. The molecule has 0 bridgehead atoms. The maximum Gasteiger partial charge on any atom is 0.306 e. The highest BCUT2D eigenvalue weighted by atomic mass is 16.6. The summed E-state index contributed by atoms with van der Waals surface area (Å²) in [7, 11) is 0. The van der Waals surface area contributed by atoms with Gasteiger partial charge in [-0.05, 0) is 109 Å². The average molecular weight is 1030 g/mol. The molecule has 0 heterocycles.